The SMILES string of the molecule is CCCCc1nc2ccccc2n1CC. The van der Waals surface area contributed by atoms with Crippen LogP contribution in [-0.4, -0.2) is 9.55 Å². The summed E-state index contributed by atoms with van der Waals surface area (Å²) in [6.07, 6.45) is 3.55. The largest absolute Gasteiger partial charge is 0.328 e. The van der Waals surface area contributed by atoms with Crippen molar-refractivity contribution in [2.24, 2.45) is 0 Å². The van der Waals surface area contributed by atoms with E-state index < -0.39 is 0 Å². The lowest BCUT2D eigenvalue weighted by Gasteiger charge is -2.04. The normalized spacial score (nSPS) is 11.1. The van der Waals surface area contributed by atoms with E-state index >= 15 is 0 Å². The molecule has 0 aliphatic rings. The minimum Gasteiger partial charge on any atom is -0.328 e. The molecule has 0 atom stereocenters. The Morgan fingerprint density at radius 2 is 2.00 bits per heavy atom. The fraction of sp³-hybridized carbons (Fsp3) is 0.462. The fourth-order valence-corrected chi connectivity index (χ4v) is 2.00. The molecular weight excluding hydrogens is 184 g/mol. The smallest absolute Gasteiger partial charge is 0.109 e. The van der Waals surface area contributed by atoms with Crippen LogP contribution in [0.25, 0.3) is 11.0 Å². The monoisotopic (exact) mass is 202 g/mol. The van der Waals surface area contributed by atoms with E-state index in [0.29, 0.717) is 0 Å². The molecule has 2 rings (SSSR count). The summed E-state index contributed by atoms with van der Waals surface area (Å²) in [6, 6.07) is 8.39. The van der Waals surface area contributed by atoms with Gasteiger partial charge >= 0.3 is 0 Å². The molecule has 0 bridgehead atoms. The van der Waals surface area contributed by atoms with Gasteiger partial charge in [-0.05, 0) is 25.5 Å². The molecule has 0 N–H and O–H groups in total. The number of rotatable bonds is 4. The van der Waals surface area contributed by atoms with Gasteiger partial charge in [-0.2, -0.15) is 0 Å². The quantitative estimate of drug-likeness (QED) is 0.743. The minimum absolute atomic E-state index is 1.01. The zero-order chi connectivity index (χ0) is 10.7. The number of aromatic nitrogens is 2. The van der Waals surface area contributed by atoms with Crippen LogP contribution in [0.5, 0.6) is 0 Å². The Hall–Kier alpha value is -1.31. The third-order valence-electron chi connectivity index (χ3n) is 2.80. The zero-order valence-corrected chi connectivity index (χ0v) is 9.53. The molecule has 1 aromatic carbocycles. The molecule has 2 nitrogen and oxygen atoms in total. The molecule has 2 aromatic rings. The van der Waals surface area contributed by atoms with Crippen molar-refractivity contribution in [3.63, 3.8) is 0 Å². The van der Waals surface area contributed by atoms with Crippen LogP contribution in [-0.2, 0) is 13.0 Å². The minimum atomic E-state index is 1.01. The molecule has 1 aromatic heterocycles. The first-order valence-electron chi connectivity index (χ1n) is 5.81. The summed E-state index contributed by atoms with van der Waals surface area (Å²) in [6.45, 7) is 5.42. The molecule has 0 saturated heterocycles. The van der Waals surface area contributed by atoms with Crippen molar-refractivity contribution in [1.82, 2.24) is 9.55 Å². The van der Waals surface area contributed by atoms with E-state index in [9.17, 15) is 0 Å². The fourth-order valence-electron chi connectivity index (χ4n) is 2.00. The second kappa shape index (κ2) is 4.47. The Labute approximate surface area is 90.9 Å². The number of unbranched alkanes of at least 4 members (excludes halogenated alkanes) is 1. The second-order valence-electron chi connectivity index (χ2n) is 3.86. The van der Waals surface area contributed by atoms with Crippen LogP contribution in [0.4, 0.5) is 0 Å². The zero-order valence-electron chi connectivity index (χ0n) is 9.53. The molecule has 0 aliphatic carbocycles. The lowest BCUT2D eigenvalue weighted by molar-refractivity contribution is 0.675. The number of para-hydroxylation sites is 2. The predicted octanol–water partition coefficient (Wildman–Crippen LogP) is 3.40. The maximum absolute atomic E-state index is 4.68. The average molecular weight is 202 g/mol. The second-order valence-corrected chi connectivity index (χ2v) is 3.86. The molecule has 15 heavy (non-hydrogen) atoms. The topological polar surface area (TPSA) is 17.8 Å². The van der Waals surface area contributed by atoms with Gasteiger partial charge in [0.05, 0.1) is 11.0 Å². The molecule has 0 radical (unpaired) electrons. The van der Waals surface area contributed by atoms with Gasteiger partial charge in [-0.25, -0.2) is 4.98 Å². The summed E-state index contributed by atoms with van der Waals surface area (Å²) < 4.78 is 2.32. The summed E-state index contributed by atoms with van der Waals surface area (Å²) >= 11 is 0. The Balaban J connectivity index is 2.44. The van der Waals surface area contributed by atoms with Gasteiger partial charge in [-0.1, -0.05) is 25.5 Å². The molecule has 0 unspecified atom stereocenters. The van der Waals surface area contributed by atoms with Crippen molar-refractivity contribution in [3.05, 3.63) is 30.1 Å². The number of hydrogen-bond acceptors (Lipinski definition) is 1. The van der Waals surface area contributed by atoms with Crippen LogP contribution >= 0.6 is 0 Å². The molecule has 1 heterocycles. The van der Waals surface area contributed by atoms with E-state index in [1.54, 1.807) is 0 Å². The average Bonchev–Trinajstić information content (AvgIpc) is 2.63. The van der Waals surface area contributed by atoms with Gasteiger partial charge in [-0.3, -0.25) is 0 Å². The number of benzene rings is 1. The molecule has 2 heteroatoms. The van der Waals surface area contributed by atoms with E-state index in [1.807, 2.05) is 0 Å². The molecule has 0 spiro atoms. The maximum Gasteiger partial charge on any atom is 0.109 e. The first kappa shape index (κ1) is 10.2. The number of imidazole rings is 1. The van der Waals surface area contributed by atoms with E-state index in [1.165, 1.54) is 24.2 Å². The van der Waals surface area contributed by atoms with Crippen LogP contribution in [0.1, 0.15) is 32.5 Å². The van der Waals surface area contributed by atoms with Crippen LogP contribution in [0, 0.1) is 0 Å². The summed E-state index contributed by atoms with van der Waals surface area (Å²) in [7, 11) is 0. The van der Waals surface area contributed by atoms with Gasteiger partial charge in [0.15, 0.2) is 0 Å². The third-order valence-corrected chi connectivity index (χ3v) is 2.80. The third kappa shape index (κ3) is 1.89. The summed E-state index contributed by atoms with van der Waals surface area (Å²) in [5.41, 5.74) is 2.40. The number of nitrogens with zero attached hydrogens (tertiary/aromatic N) is 2. The molecule has 0 amide bonds. The van der Waals surface area contributed by atoms with Crippen LogP contribution in [0.15, 0.2) is 24.3 Å². The Bertz CT molecular complexity index is 443. The van der Waals surface area contributed by atoms with Gasteiger partial charge < -0.3 is 4.57 Å². The molecule has 80 valence electrons. The summed E-state index contributed by atoms with van der Waals surface area (Å²) in [5.74, 6) is 1.24. The van der Waals surface area contributed by atoms with Crippen molar-refractivity contribution in [1.29, 1.82) is 0 Å². The summed E-state index contributed by atoms with van der Waals surface area (Å²) in [5, 5.41) is 0. The van der Waals surface area contributed by atoms with E-state index in [0.717, 1.165) is 18.5 Å². The van der Waals surface area contributed by atoms with Crippen molar-refractivity contribution in [2.75, 3.05) is 0 Å². The first-order valence-corrected chi connectivity index (χ1v) is 5.81. The predicted molar refractivity (Wildman–Crippen MR) is 64.0 cm³/mol. The lowest BCUT2D eigenvalue weighted by atomic mass is 10.2. The standard InChI is InChI=1S/C13H18N2/c1-3-5-10-13-14-11-8-6-7-9-12(11)15(13)4-2/h6-9H,3-5,10H2,1-2H3. The van der Waals surface area contributed by atoms with Crippen LogP contribution in [0.3, 0.4) is 0 Å². The van der Waals surface area contributed by atoms with E-state index in [4.69, 9.17) is 0 Å². The van der Waals surface area contributed by atoms with Crippen LogP contribution < -0.4 is 0 Å². The Kier molecular flexibility index (Phi) is 3.05. The van der Waals surface area contributed by atoms with E-state index in [2.05, 4.69) is 47.7 Å². The van der Waals surface area contributed by atoms with Gasteiger partial charge in [-0.15, -0.1) is 0 Å². The summed E-state index contributed by atoms with van der Waals surface area (Å²) in [4.78, 5) is 4.68. The highest BCUT2D eigenvalue weighted by atomic mass is 15.1. The van der Waals surface area contributed by atoms with Crippen molar-refractivity contribution < 1.29 is 0 Å². The van der Waals surface area contributed by atoms with Gasteiger partial charge in [0.1, 0.15) is 5.82 Å². The highest BCUT2D eigenvalue weighted by molar-refractivity contribution is 5.75. The number of aryl methyl sites for hydroxylation is 2. The first-order chi connectivity index (χ1) is 7.36. The van der Waals surface area contributed by atoms with Crippen LogP contribution in [0.2, 0.25) is 0 Å². The Morgan fingerprint density at radius 3 is 2.73 bits per heavy atom. The lowest BCUT2D eigenvalue weighted by Crippen LogP contribution is -2.01. The molecule has 0 aliphatic heterocycles. The van der Waals surface area contributed by atoms with Gasteiger partial charge in [0.25, 0.3) is 0 Å². The molecule has 0 fully saturated rings. The number of hydrogen-bond donors (Lipinski definition) is 0. The van der Waals surface area contributed by atoms with Gasteiger partial charge in [0.2, 0.25) is 0 Å². The maximum atomic E-state index is 4.68. The van der Waals surface area contributed by atoms with E-state index in [-0.39, 0.29) is 0 Å². The Morgan fingerprint density at radius 1 is 1.20 bits per heavy atom. The molecule has 0 saturated carbocycles. The molecular formula is C13H18N2. The van der Waals surface area contributed by atoms with Gasteiger partial charge in [0, 0.05) is 13.0 Å². The highest BCUT2D eigenvalue weighted by Crippen LogP contribution is 2.17. The number of fused-ring (bicyclic) bond motifs is 1. The van der Waals surface area contributed by atoms with Crippen molar-refractivity contribution in [2.45, 2.75) is 39.7 Å². The van der Waals surface area contributed by atoms with Crippen molar-refractivity contribution in [3.8, 4) is 0 Å². The highest BCUT2D eigenvalue weighted by Gasteiger charge is 2.07. The van der Waals surface area contributed by atoms with Crippen molar-refractivity contribution >= 4 is 11.0 Å².